The van der Waals surface area contributed by atoms with Crippen LogP contribution in [0, 0.1) is 6.92 Å². The highest BCUT2D eigenvalue weighted by Crippen LogP contribution is 2.55. The molecule has 298 valence electrons. The fourth-order valence-electron chi connectivity index (χ4n) is 11.4. The quantitative estimate of drug-likeness (QED) is 0.155. The molecular weight excluding hydrogens is 763 g/mol. The summed E-state index contributed by atoms with van der Waals surface area (Å²) < 4.78 is 16.6. The van der Waals surface area contributed by atoms with Crippen molar-refractivity contribution in [1.82, 2.24) is 4.48 Å². The second-order valence-electron chi connectivity index (χ2n) is 20.4. The third kappa shape index (κ3) is 4.75. The summed E-state index contributed by atoms with van der Waals surface area (Å²) in [5.41, 5.74) is 18.6. The fourth-order valence-corrected chi connectivity index (χ4v) is 12.4. The minimum absolute atomic E-state index is 0.00971. The molecule has 4 aliphatic rings. The summed E-state index contributed by atoms with van der Waals surface area (Å²) in [6, 6.07) is 43.5. The molecule has 0 unspecified atom stereocenters. The van der Waals surface area contributed by atoms with Crippen LogP contribution >= 0.6 is 11.8 Å². The van der Waals surface area contributed by atoms with E-state index in [2.05, 4.69) is 180 Å². The highest BCUT2D eigenvalue weighted by atomic mass is 32.2. The Bertz CT molecular complexity index is 3450. The Hall–Kier alpha value is -5.85. The van der Waals surface area contributed by atoms with E-state index < -0.39 is 0 Å². The molecule has 0 saturated heterocycles. The third-order valence-corrected chi connectivity index (χ3v) is 15.8. The maximum absolute atomic E-state index is 7.06. The predicted octanol–water partition coefficient (Wildman–Crippen LogP) is 14.3. The SMILES string of the molecule is Cc1cc2c(cc1N1c3cc4c(cc3B3c5c1cc1c(oc6ccccc61)c5-c1cccc5c6cc(C(C)(C)C)ccc6n3c15)Oc1ccccc1S4)C(C)(C)CCC2(C)C. The molecule has 4 nitrogen and oxygen atoms in total. The first-order valence-electron chi connectivity index (χ1n) is 21.9. The van der Waals surface area contributed by atoms with E-state index in [9.17, 15) is 0 Å². The number of benzene rings is 7. The number of hydrogen-bond acceptors (Lipinski definition) is 4. The lowest BCUT2D eigenvalue weighted by Gasteiger charge is -2.45. The normalized spacial score (nSPS) is 16.7. The van der Waals surface area contributed by atoms with Gasteiger partial charge in [0.25, 0.3) is 0 Å². The Kier molecular flexibility index (Phi) is 6.90. The lowest BCUT2D eigenvalue weighted by atomic mass is 9.45. The molecule has 0 radical (unpaired) electrons. The molecule has 7 aromatic carbocycles. The predicted molar refractivity (Wildman–Crippen MR) is 257 cm³/mol. The van der Waals surface area contributed by atoms with E-state index in [4.69, 9.17) is 9.15 Å². The van der Waals surface area contributed by atoms with Crippen LogP contribution in [-0.2, 0) is 16.2 Å². The van der Waals surface area contributed by atoms with E-state index in [1.54, 1.807) is 0 Å². The number of rotatable bonds is 1. The molecule has 13 rings (SSSR count). The van der Waals surface area contributed by atoms with Crippen LogP contribution in [0.15, 0.2) is 129 Å². The van der Waals surface area contributed by atoms with E-state index in [1.807, 2.05) is 11.8 Å². The largest absolute Gasteiger partial charge is 0.455 e. The smallest absolute Gasteiger partial charge is 0.333 e. The van der Waals surface area contributed by atoms with Gasteiger partial charge in [-0.1, -0.05) is 121 Å². The van der Waals surface area contributed by atoms with Gasteiger partial charge < -0.3 is 18.5 Å². The lowest BCUT2D eigenvalue weighted by Crippen LogP contribution is -2.56. The molecule has 0 N–H and O–H groups in total. The first-order chi connectivity index (χ1) is 29.3. The summed E-state index contributed by atoms with van der Waals surface area (Å²) in [4.78, 5) is 4.89. The summed E-state index contributed by atoms with van der Waals surface area (Å²) in [7, 11) is 0. The monoisotopic (exact) mass is 810 g/mol. The van der Waals surface area contributed by atoms with Crippen molar-refractivity contribution < 1.29 is 9.15 Å². The highest BCUT2D eigenvalue weighted by Gasteiger charge is 2.46. The summed E-state index contributed by atoms with van der Waals surface area (Å²) in [6.07, 6.45) is 2.33. The van der Waals surface area contributed by atoms with Crippen LogP contribution < -0.4 is 20.6 Å². The van der Waals surface area contributed by atoms with E-state index in [0.717, 1.165) is 49.6 Å². The van der Waals surface area contributed by atoms with E-state index >= 15 is 0 Å². The number of nitrogens with zero attached hydrogens (tertiary/aromatic N) is 2. The summed E-state index contributed by atoms with van der Waals surface area (Å²) in [5, 5.41) is 4.85. The average molecular weight is 811 g/mol. The van der Waals surface area contributed by atoms with Gasteiger partial charge in [-0.2, -0.15) is 0 Å². The molecule has 0 spiro atoms. The topological polar surface area (TPSA) is 30.5 Å². The number of para-hydroxylation sites is 3. The van der Waals surface area contributed by atoms with Crippen molar-refractivity contribution in [3.8, 4) is 22.6 Å². The van der Waals surface area contributed by atoms with Crippen molar-refractivity contribution in [3.05, 3.63) is 138 Å². The Morgan fingerprint density at radius 1 is 0.656 bits per heavy atom. The van der Waals surface area contributed by atoms with Crippen molar-refractivity contribution in [3.63, 3.8) is 0 Å². The van der Waals surface area contributed by atoms with Gasteiger partial charge in [-0.15, -0.1) is 0 Å². The molecule has 0 saturated carbocycles. The van der Waals surface area contributed by atoms with E-state index in [0.29, 0.717) is 0 Å². The lowest BCUT2D eigenvalue weighted by molar-refractivity contribution is 0.332. The zero-order chi connectivity index (χ0) is 41.5. The van der Waals surface area contributed by atoms with Gasteiger partial charge in [0, 0.05) is 60.8 Å². The number of fused-ring (bicyclic) bond motifs is 14. The first-order valence-corrected chi connectivity index (χ1v) is 22.7. The number of hydrogen-bond donors (Lipinski definition) is 0. The molecule has 5 heterocycles. The first kappa shape index (κ1) is 35.9. The molecule has 6 heteroatoms. The Morgan fingerprint density at radius 3 is 2.23 bits per heavy atom. The van der Waals surface area contributed by atoms with Crippen molar-refractivity contribution >= 4 is 90.3 Å². The van der Waals surface area contributed by atoms with Crippen LogP contribution in [0.3, 0.4) is 0 Å². The molecule has 0 fully saturated rings. The van der Waals surface area contributed by atoms with Gasteiger partial charge >= 0.3 is 6.85 Å². The van der Waals surface area contributed by atoms with Crippen LogP contribution in [-0.4, -0.2) is 11.3 Å². The minimum Gasteiger partial charge on any atom is -0.455 e. The molecule has 0 bridgehead atoms. The Morgan fingerprint density at radius 2 is 1.41 bits per heavy atom. The number of anilines is 3. The maximum Gasteiger partial charge on any atom is 0.333 e. The van der Waals surface area contributed by atoms with Crippen molar-refractivity contribution in [2.45, 2.75) is 94.3 Å². The highest BCUT2D eigenvalue weighted by molar-refractivity contribution is 7.99. The molecule has 2 aromatic heterocycles. The summed E-state index contributed by atoms with van der Waals surface area (Å²) in [5.74, 6) is 1.81. The van der Waals surface area contributed by atoms with Crippen molar-refractivity contribution in [2.24, 2.45) is 0 Å². The Labute approximate surface area is 361 Å². The summed E-state index contributed by atoms with van der Waals surface area (Å²) >= 11 is 1.81. The van der Waals surface area contributed by atoms with Crippen LogP contribution in [0.4, 0.5) is 17.1 Å². The maximum atomic E-state index is 7.06. The van der Waals surface area contributed by atoms with E-state index in [1.165, 1.54) is 89.6 Å². The molecule has 0 amide bonds. The molecule has 0 atom stereocenters. The average Bonchev–Trinajstić information content (AvgIpc) is 3.78. The van der Waals surface area contributed by atoms with Gasteiger partial charge in [-0.3, -0.25) is 0 Å². The van der Waals surface area contributed by atoms with Gasteiger partial charge in [0.05, 0.1) is 9.79 Å². The molecular formula is C55H47BN2O2S. The third-order valence-electron chi connectivity index (χ3n) is 14.7. The van der Waals surface area contributed by atoms with Crippen molar-refractivity contribution in [2.75, 3.05) is 4.90 Å². The number of furan rings is 1. The van der Waals surface area contributed by atoms with E-state index in [-0.39, 0.29) is 23.1 Å². The Balaban J connectivity index is 1.21. The minimum atomic E-state index is -0.145. The van der Waals surface area contributed by atoms with Crippen LogP contribution in [0.1, 0.15) is 83.6 Å². The molecule has 9 aromatic rings. The molecule has 3 aliphatic heterocycles. The molecule has 61 heavy (non-hydrogen) atoms. The second kappa shape index (κ2) is 11.7. The van der Waals surface area contributed by atoms with Crippen LogP contribution in [0.2, 0.25) is 0 Å². The van der Waals surface area contributed by atoms with Gasteiger partial charge in [-0.25, -0.2) is 0 Å². The zero-order valence-electron chi connectivity index (χ0n) is 36.1. The van der Waals surface area contributed by atoms with Gasteiger partial charge in [0.2, 0.25) is 0 Å². The second-order valence-corrected chi connectivity index (χ2v) is 21.5. The van der Waals surface area contributed by atoms with Crippen LogP contribution in [0.5, 0.6) is 11.5 Å². The van der Waals surface area contributed by atoms with Gasteiger partial charge in [0.1, 0.15) is 22.7 Å². The summed E-state index contributed by atoms with van der Waals surface area (Å²) in [6.45, 7) is 18.9. The number of aromatic nitrogens is 1. The standard InChI is InChI=1S/C55H47BN2O2S/c1-30-24-37-38(55(7,8)23-22-54(37,5)6)27-41(30)57-42-29-48-46(59-45-18-11-12-19-47(45)61-48)28-39(42)56-50-43(57)26-36-32-14-9-10-17-44(32)60-52(36)49(50)34-16-13-15-33-35-25-31(53(2,3)4)20-21-40(35)58(56)51(33)34/h9-21,24-29H,22-23H2,1-8H3. The number of aryl methyl sites for hydroxylation is 1. The van der Waals surface area contributed by atoms with Gasteiger partial charge in [-0.05, 0) is 124 Å². The van der Waals surface area contributed by atoms with Crippen LogP contribution in [0.25, 0.3) is 54.9 Å². The molecule has 1 aliphatic carbocycles. The fraction of sp³-hybridized carbons (Fsp3) is 0.236. The number of ether oxygens (including phenoxy) is 1. The van der Waals surface area contributed by atoms with Gasteiger partial charge in [0.15, 0.2) is 0 Å². The zero-order valence-corrected chi connectivity index (χ0v) is 36.9. The van der Waals surface area contributed by atoms with Crippen molar-refractivity contribution in [1.29, 1.82) is 0 Å².